The molecule has 4 nitrogen and oxygen atoms in total. The molecule has 0 aliphatic carbocycles. The minimum Gasteiger partial charge on any atom is -0.295 e. The quantitative estimate of drug-likeness (QED) is 0.334. The molecular weight excluding hydrogens is 112 g/mol. The molecule has 0 aromatic heterocycles. The monoisotopic (exact) mass is 116 g/mol. The molecule has 0 radical (unpaired) electrons. The lowest BCUT2D eigenvalue weighted by Crippen LogP contribution is -1.62. The number of rotatable bonds is 2. The topological polar surface area (TPSA) is 68.3 Å². The van der Waals surface area contributed by atoms with E-state index in [2.05, 4.69) is 0 Å². The smallest absolute Gasteiger partial charge is 0.182 e. The first kappa shape index (κ1) is 9.84. The Labute approximate surface area is 45.5 Å². The van der Waals surface area contributed by atoms with Crippen LogP contribution < -0.4 is 0 Å². The summed E-state index contributed by atoms with van der Waals surface area (Å²) in [6.45, 7) is 0. The van der Waals surface area contributed by atoms with E-state index in [4.69, 9.17) is 19.2 Å². The average molecular weight is 116 g/mol. The van der Waals surface area contributed by atoms with Crippen molar-refractivity contribution >= 4 is 25.1 Å². The molecule has 0 unspecified atom stereocenters. The first-order chi connectivity index (χ1) is 3.83. The first-order valence-electron chi connectivity index (χ1n) is 1.61. The molecule has 0 N–H and O–H groups in total. The van der Waals surface area contributed by atoms with E-state index in [9.17, 15) is 0 Å². The van der Waals surface area contributed by atoms with E-state index < -0.39 is 0 Å². The molecule has 0 aliphatic heterocycles. The summed E-state index contributed by atoms with van der Waals surface area (Å²) in [5.41, 5.74) is 0. The zero-order valence-corrected chi connectivity index (χ0v) is 3.94. The van der Waals surface area contributed by atoms with Gasteiger partial charge in [0.1, 0.15) is 0 Å². The Bertz CT molecular complexity index is 62.0. The molecule has 0 aromatic rings. The van der Waals surface area contributed by atoms with Crippen molar-refractivity contribution in [3.05, 3.63) is 0 Å². The van der Waals surface area contributed by atoms with Crippen LogP contribution in [0.4, 0.5) is 0 Å². The summed E-state index contributed by atoms with van der Waals surface area (Å²) in [5.74, 6) is 0. The maximum Gasteiger partial charge on any atom is 0.182 e. The van der Waals surface area contributed by atoms with Gasteiger partial charge >= 0.3 is 0 Å². The third kappa shape index (κ3) is 137. The summed E-state index contributed by atoms with van der Waals surface area (Å²) in [4.78, 5) is 35.2. The van der Waals surface area contributed by atoms with E-state index in [0.717, 1.165) is 0 Å². The Kier molecular flexibility index (Phi) is 21.3. The molecule has 0 saturated carbocycles. The van der Waals surface area contributed by atoms with Gasteiger partial charge in [-0.2, -0.15) is 0 Å². The zero-order valence-electron chi connectivity index (χ0n) is 3.94. The van der Waals surface area contributed by atoms with Crippen LogP contribution in [0.15, 0.2) is 0 Å². The van der Waals surface area contributed by atoms with Gasteiger partial charge in [-0.05, 0) is 0 Å². The molecule has 0 fully saturated rings. The van der Waals surface area contributed by atoms with Gasteiger partial charge in [-0.3, -0.25) is 19.2 Å². The third-order valence-corrected chi connectivity index (χ3v) is 0.111. The van der Waals surface area contributed by atoms with E-state index >= 15 is 0 Å². The molecule has 0 aromatic carbocycles. The van der Waals surface area contributed by atoms with Gasteiger partial charge in [-0.25, -0.2) is 0 Å². The van der Waals surface area contributed by atoms with Crippen molar-refractivity contribution in [1.29, 1.82) is 0 Å². The zero-order chi connectivity index (χ0) is 6.83. The molecule has 0 rings (SSSR count). The molecular formula is C4H4O4. The van der Waals surface area contributed by atoms with Crippen molar-refractivity contribution in [1.82, 2.24) is 0 Å². The lowest BCUT2D eigenvalue weighted by atomic mass is 10.9. The van der Waals surface area contributed by atoms with Crippen molar-refractivity contribution in [2.45, 2.75) is 0 Å². The molecule has 8 heavy (non-hydrogen) atoms. The van der Waals surface area contributed by atoms with Gasteiger partial charge < -0.3 is 0 Å². The lowest BCUT2D eigenvalue weighted by molar-refractivity contribution is -0.122. The van der Waals surface area contributed by atoms with Gasteiger partial charge in [0.15, 0.2) is 25.1 Å². The standard InChI is InChI=1S/2C2H2O2/c2*3-1-2-4/h2*1-2H. The number of carbonyl (C=O) groups excluding carboxylic acids is 4. The summed E-state index contributed by atoms with van der Waals surface area (Å²) in [6.07, 6.45) is 0.778. The molecule has 0 atom stereocenters. The maximum absolute atomic E-state index is 8.81. The van der Waals surface area contributed by atoms with Crippen LogP contribution in [0.25, 0.3) is 0 Å². The van der Waals surface area contributed by atoms with Crippen LogP contribution in [0.5, 0.6) is 0 Å². The number of carbonyl (C=O) groups is 4. The lowest BCUT2D eigenvalue weighted by Gasteiger charge is -1.31. The summed E-state index contributed by atoms with van der Waals surface area (Å²) in [5, 5.41) is 0. The van der Waals surface area contributed by atoms with E-state index in [0.29, 0.717) is 0 Å². The minimum absolute atomic E-state index is 0.194. The minimum atomic E-state index is 0.194. The summed E-state index contributed by atoms with van der Waals surface area (Å²) in [6, 6.07) is 0. The normalized spacial score (nSPS) is 5.00. The molecule has 4 heteroatoms. The largest absolute Gasteiger partial charge is 0.295 e. The van der Waals surface area contributed by atoms with Crippen molar-refractivity contribution in [3.8, 4) is 0 Å². The van der Waals surface area contributed by atoms with Crippen LogP contribution in [-0.2, 0) is 19.2 Å². The second-order valence-corrected chi connectivity index (χ2v) is 0.544. The molecule has 0 saturated heterocycles. The van der Waals surface area contributed by atoms with Crippen molar-refractivity contribution in [2.75, 3.05) is 0 Å². The Morgan fingerprint density at radius 1 is 0.500 bits per heavy atom. The van der Waals surface area contributed by atoms with Gasteiger partial charge in [-0.1, -0.05) is 0 Å². The average Bonchev–Trinajstić information content (AvgIpc) is 1.88. The van der Waals surface area contributed by atoms with Gasteiger partial charge in [0.05, 0.1) is 0 Å². The second-order valence-electron chi connectivity index (χ2n) is 0.544. The number of hydrogen-bond donors (Lipinski definition) is 0. The first-order valence-corrected chi connectivity index (χ1v) is 1.61. The van der Waals surface area contributed by atoms with E-state index in [-0.39, 0.29) is 25.1 Å². The molecule has 0 amide bonds. The fraction of sp³-hybridized carbons (Fsp3) is 0. The Balaban J connectivity index is 0. The summed E-state index contributed by atoms with van der Waals surface area (Å²) in [7, 11) is 0. The fourth-order valence-electron chi connectivity index (χ4n) is 0. The SMILES string of the molecule is O=CC=O.O=CC=O. The van der Waals surface area contributed by atoms with Crippen LogP contribution in [0.2, 0.25) is 0 Å². The van der Waals surface area contributed by atoms with E-state index in [1.807, 2.05) is 0 Å². The number of aldehydes is 4. The maximum atomic E-state index is 8.81. The van der Waals surface area contributed by atoms with E-state index in [1.54, 1.807) is 0 Å². The van der Waals surface area contributed by atoms with Crippen molar-refractivity contribution < 1.29 is 19.2 Å². The predicted molar refractivity (Wildman–Crippen MR) is 24.3 cm³/mol. The van der Waals surface area contributed by atoms with Crippen LogP contribution in [-0.4, -0.2) is 25.1 Å². The van der Waals surface area contributed by atoms with Crippen LogP contribution >= 0.6 is 0 Å². The molecule has 0 heterocycles. The van der Waals surface area contributed by atoms with Crippen LogP contribution in [0.3, 0.4) is 0 Å². The van der Waals surface area contributed by atoms with Crippen LogP contribution in [0.1, 0.15) is 0 Å². The second kappa shape index (κ2) is 17.3. The summed E-state index contributed by atoms with van der Waals surface area (Å²) >= 11 is 0. The number of hydrogen-bond acceptors (Lipinski definition) is 4. The Hall–Kier alpha value is -1.32. The molecule has 0 aliphatic rings. The predicted octanol–water partition coefficient (Wildman–Crippen LogP) is -1.23. The highest BCUT2D eigenvalue weighted by molar-refractivity contribution is 6.09. The van der Waals surface area contributed by atoms with Crippen molar-refractivity contribution in [3.63, 3.8) is 0 Å². The van der Waals surface area contributed by atoms with Crippen molar-refractivity contribution in [2.24, 2.45) is 0 Å². The van der Waals surface area contributed by atoms with Gasteiger partial charge in [0.2, 0.25) is 0 Å². The van der Waals surface area contributed by atoms with Gasteiger partial charge in [0.25, 0.3) is 0 Å². The Morgan fingerprint density at radius 2 is 0.625 bits per heavy atom. The third-order valence-electron chi connectivity index (χ3n) is 0.111. The highest BCUT2D eigenvalue weighted by Crippen LogP contribution is 1.12. The van der Waals surface area contributed by atoms with E-state index in [1.165, 1.54) is 0 Å². The highest BCUT2D eigenvalue weighted by Gasteiger charge is 1.47. The molecule has 0 bridgehead atoms. The highest BCUT2D eigenvalue weighted by atomic mass is 16.2. The molecule has 0 spiro atoms. The van der Waals surface area contributed by atoms with Crippen LogP contribution in [0, 0.1) is 0 Å². The van der Waals surface area contributed by atoms with Gasteiger partial charge in [0, 0.05) is 0 Å². The molecule has 44 valence electrons. The Morgan fingerprint density at radius 3 is 0.625 bits per heavy atom. The summed E-state index contributed by atoms with van der Waals surface area (Å²) < 4.78 is 0. The van der Waals surface area contributed by atoms with Gasteiger partial charge in [-0.15, -0.1) is 0 Å². The fourth-order valence-corrected chi connectivity index (χ4v) is 0.